The minimum absolute atomic E-state index is 0.112. The SMILES string of the molecule is CC(=O)c1nnc(N[C@@H]2CCc3ccccc32)nc1N. The number of hydrogen-bond donors (Lipinski definition) is 2. The molecule has 0 saturated heterocycles. The molecule has 3 N–H and O–H groups in total. The Hall–Kier alpha value is -2.50. The number of hydrogen-bond acceptors (Lipinski definition) is 6. The lowest BCUT2D eigenvalue weighted by Crippen LogP contribution is -2.14. The van der Waals surface area contributed by atoms with E-state index in [1.165, 1.54) is 18.1 Å². The van der Waals surface area contributed by atoms with E-state index < -0.39 is 0 Å². The molecule has 3 rings (SSSR count). The van der Waals surface area contributed by atoms with Crippen molar-refractivity contribution in [3.05, 3.63) is 41.1 Å². The monoisotopic (exact) mass is 269 g/mol. The molecule has 20 heavy (non-hydrogen) atoms. The number of aromatic nitrogens is 3. The van der Waals surface area contributed by atoms with Crippen LogP contribution >= 0.6 is 0 Å². The van der Waals surface area contributed by atoms with E-state index >= 15 is 0 Å². The molecule has 1 aromatic heterocycles. The largest absolute Gasteiger partial charge is 0.382 e. The van der Waals surface area contributed by atoms with Gasteiger partial charge in [-0.05, 0) is 24.0 Å². The van der Waals surface area contributed by atoms with Gasteiger partial charge in [-0.3, -0.25) is 4.79 Å². The first-order chi connectivity index (χ1) is 9.65. The summed E-state index contributed by atoms with van der Waals surface area (Å²) in [6.45, 7) is 1.39. The third kappa shape index (κ3) is 2.20. The fraction of sp³-hybridized carbons (Fsp3) is 0.286. The quantitative estimate of drug-likeness (QED) is 0.824. The van der Waals surface area contributed by atoms with Gasteiger partial charge in [-0.25, -0.2) is 0 Å². The number of carbonyl (C=O) groups is 1. The molecule has 0 unspecified atom stereocenters. The van der Waals surface area contributed by atoms with E-state index in [4.69, 9.17) is 5.73 Å². The summed E-state index contributed by atoms with van der Waals surface area (Å²) < 4.78 is 0. The number of benzene rings is 1. The van der Waals surface area contributed by atoms with Crippen LogP contribution in [0.25, 0.3) is 0 Å². The molecule has 6 heteroatoms. The summed E-state index contributed by atoms with van der Waals surface area (Å²) in [5.74, 6) is 0.232. The number of ketones is 1. The molecule has 102 valence electrons. The van der Waals surface area contributed by atoms with E-state index in [9.17, 15) is 4.79 Å². The highest BCUT2D eigenvalue weighted by Crippen LogP contribution is 2.32. The van der Waals surface area contributed by atoms with E-state index in [0.717, 1.165) is 12.8 Å². The summed E-state index contributed by atoms with van der Waals surface area (Å²) in [5, 5.41) is 11.0. The van der Waals surface area contributed by atoms with E-state index in [1.807, 2.05) is 12.1 Å². The molecule has 1 heterocycles. The van der Waals surface area contributed by atoms with Crippen LogP contribution in [0.3, 0.4) is 0 Å². The minimum atomic E-state index is -0.236. The summed E-state index contributed by atoms with van der Waals surface area (Å²) in [6, 6.07) is 8.45. The standard InChI is InChI=1S/C14H15N5O/c1-8(20)12-13(15)17-14(19-18-12)16-11-7-6-9-4-2-3-5-10(9)11/h2-5,11H,6-7H2,1H3,(H3,15,16,17,19)/t11-/m1/s1. The number of nitrogens with zero attached hydrogens (tertiary/aromatic N) is 3. The second-order valence-electron chi connectivity index (χ2n) is 4.86. The number of aryl methyl sites for hydroxylation is 1. The maximum absolute atomic E-state index is 11.2. The van der Waals surface area contributed by atoms with E-state index in [-0.39, 0.29) is 23.3 Å². The van der Waals surface area contributed by atoms with Crippen molar-refractivity contribution in [3.8, 4) is 0 Å². The second-order valence-corrected chi connectivity index (χ2v) is 4.86. The molecule has 1 aliphatic carbocycles. The highest BCUT2D eigenvalue weighted by atomic mass is 16.1. The maximum Gasteiger partial charge on any atom is 0.245 e. The average Bonchev–Trinajstić information content (AvgIpc) is 2.82. The molecule has 0 bridgehead atoms. The molecule has 1 aliphatic rings. The van der Waals surface area contributed by atoms with Gasteiger partial charge in [-0.1, -0.05) is 24.3 Å². The predicted molar refractivity (Wildman–Crippen MR) is 75.4 cm³/mol. The van der Waals surface area contributed by atoms with Crippen LogP contribution in [0, 0.1) is 0 Å². The van der Waals surface area contributed by atoms with Crippen molar-refractivity contribution < 1.29 is 4.79 Å². The first-order valence-corrected chi connectivity index (χ1v) is 6.50. The minimum Gasteiger partial charge on any atom is -0.382 e. The molecular formula is C14H15N5O. The molecule has 6 nitrogen and oxygen atoms in total. The highest BCUT2D eigenvalue weighted by Gasteiger charge is 2.23. The number of anilines is 2. The zero-order chi connectivity index (χ0) is 14.1. The van der Waals surface area contributed by atoms with Crippen LogP contribution in [-0.4, -0.2) is 21.0 Å². The summed E-state index contributed by atoms with van der Waals surface area (Å²) in [6.07, 6.45) is 2.01. The molecule has 0 amide bonds. The molecule has 0 spiro atoms. The first-order valence-electron chi connectivity index (χ1n) is 6.50. The fourth-order valence-electron chi connectivity index (χ4n) is 2.51. The first kappa shape index (κ1) is 12.5. The molecule has 0 saturated carbocycles. The topological polar surface area (TPSA) is 93.8 Å². The molecule has 0 radical (unpaired) electrons. The van der Waals surface area contributed by atoms with Gasteiger partial charge in [0.25, 0.3) is 0 Å². The number of nitrogens with one attached hydrogen (secondary N) is 1. The Labute approximate surface area is 116 Å². The number of nitrogen functional groups attached to an aromatic ring is 1. The van der Waals surface area contributed by atoms with Crippen molar-refractivity contribution in [1.82, 2.24) is 15.2 Å². The zero-order valence-corrected chi connectivity index (χ0v) is 11.1. The third-order valence-corrected chi connectivity index (χ3v) is 3.48. The van der Waals surface area contributed by atoms with E-state index in [1.54, 1.807) is 0 Å². The molecule has 0 aliphatic heterocycles. The zero-order valence-electron chi connectivity index (χ0n) is 11.1. The van der Waals surface area contributed by atoms with Gasteiger partial charge in [0.1, 0.15) is 0 Å². The molecule has 1 aromatic carbocycles. The average molecular weight is 269 g/mol. The van der Waals surface area contributed by atoms with Crippen LogP contribution in [0.2, 0.25) is 0 Å². The summed E-state index contributed by atoms with van der Waals surface area (Å²) >= 11 is 0. The third-order valence-electron chi connectivity index (χ3n) is 3.48. The van der Waals surface area contributed by atoms with Crippen molar-refractivity contribution in [2.45, 2.75) is 25.8 Å². The second kappa shape index (κ2) is 4.88. The molecule has 0 fully saturated rings. The van der Waals surface area contributed by atoms with Crippen molar-refractivity contribution in [1.29, 1.82) is 0 Å². The van der Waals surface area contributed by atoms with Crippen LogP contribution in [0.5, 0.6) is 0 Å². The summed E-state index contributed by atoms with van der Waals surface area (Å²) in [4.78, 5) is 15.3. The molecule has 1 atom stereocenters. The number of carbonyl (C=O) groups excluding carboxylic acids is 1. The lowest BCUT2D eigenvalue weighted by molar-refractivity contribution is 0.101. The molecular weight excluding hydrogens is 254 g/mol. The lowest BCUT2D eigenvalue weighted by Gasteiger charge is -2.13. The normalized spacial score (nSPS) is 16.8. The van der Waals surface area contributed by atoms with Crippen LogP contribution in [0.4, 0.5) is 11.8 Å². The van der Waals surface area contributed by atoms with Crippen LogP contribution in [0.15, 0.2) is 24.3 Å². The van der Waals surface area contributed by atoms with E-state index in [0.29, 0.717) is 5.95 Å². The number of nitrogens with two attached hydrogens (primary N) is 1. The maximum atomic E-state index is 11.2. The van der Waals surface area contributed by atoms with Crippen LogP contribution < -0.4 is 11.1 Å². The smallest absolute Gasteiger partial charge is 0.245 e. The van der Waals surface area contributed by atoms with Gasteiger partial charge < -0.3 is 11.1 Å². The van der Waals surface area contributed by atoms with Gasteiger partial charge in [0, 0.05) is 6.92 Å². The summed E-state index contributed by atoms with van der Waals surface area (Å²) in [5.41, 5.74) is 8.42. The Bertz CT molecular complexity index is 670. The van der Waals surface area contributed by atoms with Gasteiger partial charge in [0.05, 0.1) is 6.04 Å². The highest BCUT2D eigenvalue weighted by molar-refractivity contribution is 5.96. The Morgan fingerprint density at radius 3 is 2.90 bits per heavy atom. The summed E-state index contributed by atoms with van der Waals surface area (Å²) in [7, 11) is 0. The van der Waals surface area contributed by atoms with Crippen molar-refractivity contribution in [3.63, 3.8) is 0 Å². The number of rotatable bonds is 3. The van der Waals surface area contributed by atoms with Gasteiger partial charge in [-0.15, -0.1) is 10.2 Å². The van der Waals surface area contributed by atoms with Crippen LogP contribution in [-0.2, 0) is 6.42 Å². The Morgan fingerprint density at radius 2 is 2.15 bits per heavy atom. The van der Waals surface area contributed by atoms with Crippen molar-refractivity contribution >= 4 is 17.5 Å². The Morgan fingerprint density at radius 1 is 1.35 bits per heavy atom. The van der Waals surface area contributed by atoms with Gasteiger partial charge in [0.2, 0.25) is 5.95 Å². The lowest BCUT2D eigenvalue weighted by atomic mass is 10.1. The Balaban J connectivity index is 1.83. The van der Waals surface area contributed by atoms with Gasteiger partial charge >= 0.3 is 0 Å². The van der Waals surface area contributed by atoms with E-state index in [2.05, 4.69) is 32.6 Å². The Kier molecular flexibility index (Phi) is 3.06. The number of fused-ring (bicyclic) bond motifs is 1. The fourth-order valence-corrected chi connectivity index (χ4v) is 2.51. The molecule has 2 aromatic rings. The van der Waals surface area contributed by atoms with Crippen molar-refractivity contribution in [2.24, 2.45) is 0 Å². The van der Waals surface area contributed by atoms with Crippen molar-refractivity contribution in [2.75, 3.05) is 11.1 Å². The number of Topliss-reactive ketones (excluding diaryl/α,β-unsaturated/α-hetero) is 1. The van der Waals surface area contributed by atoms with Crippen LogP contribution in [0.1, 0.15) is 41.0 Å². The predicted octanol–water partition coefficient (Wildman–Crippen LogP) is 1.76. The van der Waals surface area contributed by atoms with Gasteiger partial charge in [0.15, 0.2) is 17.3 Å². The van der Waals surface area contributed by atoms with Gasteiger partial charge in [-0.2, -0.15) is 4.98 Å².